The van der Waals surface area contributed by atoms with Crippen molar-refractivity contribution in [2.45, 2.75) is 0 Å². The van der Waals surface area contributed by atoms with Gasteiger partial charge < -0.3 is 15.5 Å². The van der Waals surface area contributed by atoms with Gasteiger partial charge in [0.1, 0.15) is 0 Å². The summed E-state index contributed by atoms with van der Waals surface area (Å²) < 4.78 is 0. The zero-order chi connectivity index (χ0) is 11.4. The van der Waals surface area contributed by atoms with Crippen molar-refractivity contribution in [1.29, 1.82) is 0 Å². The number of carbonyl (C=O) groups excluding carboxylic acids is 2. The monoisotopic (exact) mass is 219 g/mol. The largest absolute Gasteiger partial charge is 0.360 e. The summed E-state index contributed by atoms with van der Waals surface area (Å²) in [7, 11) is 0. The van der Waals surface area contributed by atoms with E-state index < -0.39 is 0 Å². The minimum absolute atomic E-state index is 0.0429. The number of amides is 2. The van der Waals surface area contributed by atoms with E-state index in [1.165, 1.54) is 0 Å². The highest BCUT2D eigenvalue weighted by Crippen LogP contribution is 2.17. The Balaban J connectivity index is 2.08. The fourth-order valence-corrected chi connectivity index (χ4v) is 1.70. The number of rotatable bonds is 3. The molecule has 1 heterocycles. The van der Waals surface area contributed by atoms with Crippen LogP contribution >= 0.6 is 0 Å². The molecule has 0 bridgehead atoms. The van der Waals surface area contributed by atoms with Gasteiger partial charge in [-0.3, -0.25) is 9.59 Å². The summed E-state index contributed by atoms with van der Waals surface area (Å²) in [5, 5.41) is 5.34. The van der Waals surface area contributed by atoms with E-state index in [1.807, 2.05) is 29.2 Å². The SMILES string of the molecule is O=CNc1ccc(N2CCNC(=O)C2)cc1. The molecule has 0 aromatic heterocycles. The van der Waals surface area contributed by atoms with Crippen LogP contribution in [-0.2, 0) is 9.59 Å². The predicted octanol–water partition coefficient (Wildman–Crippen LogP) is 0.191. The first-order valence-electron chi connectivity index (χ1n) is 5.11. The number of hydrogen-bond acceptors (Lipinski definition) is 3. The molecule has 1 aromatic carbocycles. The Kier molecular flexibility index (Phi) is 3.05. The van der Waals surface area contributed by atoms with Crippen LogP contribution in [0.4, 0.5) is 11.4 Å². The van der Waals surface area contributed by atoms with Crippen molar-refractivity contribution in [1.82, 2.24) is 5.32 Å². The first kappa shape index (κ1) is 10.5. The fraction of sp³-hybridized carbons (Fsp3) is 0.273. The maximum absolute atomic E-state index is 11.2. The van der Waals surface area contributed by atoms with Crippen LogP contribution in [0.15, 0.2) is 24.3 Å². The van der Waals surface area contributed by atoms with Crippen LogP contribution in [0.2, 0.25) is 0 Å². The van der Waals surface area contributed by atoms with Crippen LogP contribution in [0.1, 0.15) is 0 Å². The van der Waals surface area contributed by atoms with Gasteiger partial charge in [0.25, 0.3) is 0 Å². The number of benzene rings is 1. The van der Waals surface area contributed by atoms with Crippen LogP contribution in [0.5, 0.6) is 0 Å². The molecule has 5 heteroatoms. The third kappa shape index (κ3) is 2.31. The van der Waals surface area contributed by atoms with E-state index in [0.717, 1.165) is 17.9 Å². The van der Waals surface area contributed by atoms with E-state index in [1.54, 1.807) is 0 Å². The van der Waals surface area contributed by atoms with Crippen LogP contribution in [0, 0.1) is 0 Å². The first-order chi connectivity index (χ1) is 7.79. The Morgan fingerprint density at radius 1 is 1.31 bits per heavy atom. The zero-order valence-electron chi connectivity index (χ0n) is 8.77. The van der Waals surface area contributed by atoms with Gasteiger partial charge in [-0.2, -0.15) is 0 Å². The highest BCUT2D eigenvalue weighted by Gasteiger charge is 2.15. The van der Waals surface area contributed by atoms with Crippen molar-refractivity contribution >= 4 is 23.7 Å². The average Bonchev–Trinajstić information content (AvgIpc) is 2.30. The maximum atomic E-state index is 11.2. The molecule has 0 aliphatic carbocycles. The van der Waals surface area contributed by atoms with Crippen LogP contribution < -0.4 is 15.5 Å². The molecule has 0 unspecified atom stereocenters. The molecule has 1 aromatic rings. The molecule has 1 saturated heterocycles. The van der Waals surface area contributed by atoms with Crippen LogP contribution in [0.25, 0.3) is 0 Å². The van der Waals surface area contributed by atoms with Gasteiger partial charge in [-0.05, 0) is 24.3 Å². The van der Waals surface area contributed by atoms with E-state index in [-0.39, 0.29) is 5.91 Å². The van der Waals surface area contributed by atoms with Gasteiger partial charge >= 0.3 is 0 Å². The molecular weight excluding hydrogens is 206 g/mol. The predicted molar refractivity (Wildman–Crippen MR) is 61.4 cm³/mol. The Morgan fingerprint density at radius 3 is 2.69 bits per heavy atom. The standard InChI is InChI=1S/C11H13N3O2/c15-8-13-9-1-3-10(4-2-9)14-6-5-12-11(16)7-14/h1-4,8H,5-7H2,(H,12,16)(H,13,15). The summed E-state index contributed by atoms with van der Waals surface area (Å²) >= 11 is 0. The number of hydrogen-bond donors (Lipinski definition) is 2. The Morgan fingerprint density at radius 2 is 2.06 bits per heavy atom. The summed E-state index contributed by atoms with van der Waals surface area (Å²) in [4.78, 5) is 23.4. The fourth-order valence-electron chi connectivity index (χ4n) is 1.70. The van der Waals surface area contributed by atoms with E-state index in [2.05, 4.69) is 10.6 Å². The number of carbonyl (C=O) groups is 2. The second-order valence-electron chi connectivity index (χ2n) is 3.58. The van der Waals surface area contributed by atoms with Crippen LogP contribution in [-0.4, -0.2) is 32.0 Å². The molecule has 84 valence electrons. The van der Waals surface area contributed by atoms with Gasteiger partial charge in [-0.25, -0.2) is 0 Å². The second kappa shape index (κ2) is 4.65. The molecule has 2 amide bonds. The lowest BCUT2D eigenvalue weighted by molar-refractivity contribution is -0.120. The minimum atomic E-state index is 0.0429. The molecule has 2 N–H and O–H groups in total. The van der Waals surface area contributed by atoms with Crippen molar-refractivity contribution in [2.24, 2.45) is 0 Å². The number of anilines is 2. The van der Waals surface area contributed by atoms with Crippen molar-refractivity contribution in [3.8, 4) is 0 Å². The van der Waals surface area contributed by atoms with Crippen molar-refractivity contribution < 1.29 is 9.59 Å². The molecule has 1 aliphatic rings. The summed E-state index contributed by atoms with van der Waals surface area (Å²) in [6.07, 6.45) is 0.642. The second-order valence-corrected chi connectivity index (χ2v) is 3.58. The van der Waals surface area contributed by atoms with E-state index in [4.69, 9.17) is 0 Å². The molecule has 1 fully saturated rings. The van der Waals surface area contributed by atoms with Crippen molar-refractivity contribution in [3.63, 3.8) is 0 Å². The summed E-state index contributed by atoms with van der Waals surface area (Å²) in [6.45, 7) is 1.87. The first-order valence-corrected chi connectivity index (χ1v) is 5.11. The number of nitrogens with zero attached hydrogens (tertiary/aromatic N) is 1. The van der Waals surface area contributed by atoms with Crippen molar-refractivity contribution in [3.05, 3.63) is 24.3 Å². The highest BCUT2D eigenvalue weighted by molar-refractivity contribution is 5.82. The van der Waals surface area contributed by atoms with E-state index in [9.17, 15) is 9.59 Å². The van der Waals surface area contributed by atoms with Gasteiger partial charge in [-0.1, -0.05) is 0 Å². The van der Waals surface area contributed by atoms with E-state index in [0.29, 0.717) is 19.5 Å². The average molecular weight is 219 g/mol. The zero-order valence-corrected chi connectivity index (χ0v) is 8.77. The molecule has 2 rings (SSSR count). The topological polar surface area (TPSA) is 61.4 Å². The molecule has 0 saturated carbocycles. The lowest BCUT2D eigenvalue weighted by Gasteiger charge is -2.28. The number of piperazine rings is 1. The van der Waals surface area contributed by atoms with Gasteiger partial charge in [-0.15, -0.1) is 0 Å². The van der Waals surface area contributed by atoms with Gasteiger partial charge in [0.05, 0.1) is 6.54 Å². The molecular formula is C11H13N3O2. The van der Waals surface area contributed by atoms with Crippen LogP contribution in [0.3, 0.4) is 0 Å². The summed E-state index contributed by atoms with van der Waals surface area (Å²) in [6, 6.07) is 7.42. The smallest absolute Gasteiger partial charge is 0.239 e. The normalized spacial score (nSPS) is 15.5. The van der Waals surface area contributed by atoms with Gasteiger partial charge in [0, 0.05) is 24.5 Å². The summed E-state index contributed by atoms with van der Waals surface area (Å²) in [5.74, 6) is 0.0429. The molecule has 0 atom stereocenters. The Labute approximate surface area is 93.4 Å². The third-order valence-electron chi connectivity index (χ3n) is 2.50. The lowest BCUT2D eigenvalue weighted by Crippen LogP contribution is -2.47. The molecule has 1 aliphatic heterocycles. The molecule has 16 heavy (non-hydrogen) atoms. The Bertz CT molecular complexity index is 389. The molecule has 5 nitrogen and oxygen atoms in total. The lowest BCUT2D eigenvalue weighted by atomic mass is 10.2. The minimum Gasteiger partial charge on any atom is -0.360 e. The Hall–Kier alpha value is -2.04. The molecule has 0 radical (unpaired) electrons. The van der Waals surface area contributed by atoms with Gasteiger partial charge in [0.2, 0.25) is 12.3 Å². The van der Waals surface area contributed by atoms with Gasteiger partial charge in [0.15, 0.2) is 0 Å². The number of nitrogens with one attached hydrogen (secondary N) is 2. The van der Waals surface area contributed by atoms with E-state index >= 15 is 0 Å². The van der Waals surface area contributed by atoms with Crippen molar-refractivity contribution in [2.75, 3.05) is 29.9 Å². The molecule has 0 spiro atoms. The quantitative estimate of drug-likeness (QED) is 0.713. The third-order valence-corrected chi connectivity index (χ3v) is 2.50. The maximum Gasteiger partial charge on any atom is 0.239 e. The highest BCUT2D eigenvalue weighted by atomic mass is 16.2. The summed E-state index contributed by atoms with van der Waals surface area (Å²) in [5.41, 5.74) is 1.74.